The molecule has 1 aromatic carbocycles. The summed E-state index contributed by atoms with van der Waals surface area (Å²) >= 11 is 3.33. The zero-order chi connectivity index (χ0) is 13.1. The summed E-state index contributed by atoms with van der Waals surface area (Å²) in [4.78, 5) is 12.0. The lowest BCUT2D eigenvalue weighted by Crippen LogP contribution is -2.13. The van der Waals surface area contributed by atoms with Crippen molar-refractivity contribution in [1.82, 2.24) is 10.2 Å². The molecule has 1 heterocycles. The smallest absolute Gasteiger partial charge is 0.256 e. The number of nitriles is 1. The molecular formula is C12H9BrN4O. The van der Waals surface area contributed by atoms with E-state index in [9.17, 15) is 4.79 Å². The van der Waals surface area contributed by atoms with Crippen molar-refractivity contribution in [3.8, 4) is 6.07 Å². The van der Waals surface area contributed by atoms with Crippen LogP contribution in [0.15, 0.2) is 28.9 Å². The van der Waals surface area contributed by atoms with Gasteiger partial charge in [0.25, 0.3) is 5.91 Å². The van der Waals surface area contributed by atoms with E-state index in [1.165, 1.54) is 6.20 Å². The Morgan fingerprint density at radius 1 is 1.50 bits per heavy atom. The standard InChI is InChI=1S/C12H9BrN4O/c1-7-2-8(4-10(13)3-7)12(18)16-11-9(5-14)6-15-17-11/h2-4,6H,1H3,(H2,15,16,17,18). The summed E-state index contributed by atoms with van der Waals surface area (Å²) in [6, 6.07) is 7.33. The Labute approximate surface area is 112 Å². The van der Waals surface area contributed by atoms with Crippen molar-refractivity contribution in [2.24, 2.45) is 0 Å². The molecular weight excluding hydrogens is 296 g/mol. The minimum absolute atomic E-state index is 0.292. The lowest BCUT2D eigenvalue weighted by molar-refractivity contribution is 0.102. The van der Waals surface area contributed by atoms with Gasteiger partial charge in [-0.05, 0) is 30.7 Å². The number of aryl methyl sites for hydroxylation is 1. The normalized spacial score (nSPS) is 9.83. The van der Waals surface area contributed by atoms with Crippen molar-refractivity contribution in [2.45, 2.75) is 6.92 Å². The van der Waals surface area contributed by atoms with E-state index in [4.69, 9.17) is 5.26 Å². The second-order valence-corrected chi connectivity index (χ2v) is 4.66. The van der Waals surface area contributed by atoms with Gasteiger partial charge in [0.1, 0.15) is 17.5 Å². The van der Waals surface area contributed by atoms with Crippen molar-refractivity contribution in [2.75, 3.05) is 5.32 Å². The molecule has 0 spiro atoms. The number of aromatic nitrogens is 2. The lowest BCUT2D eigenvalue weighted by atomic mass is 10.1. The minimum Gasteiger partial charge on any atom is -0.306 e. The predicted molar refractivity (Wildman–Crippen MR) is 70.1 cm³/mol. The molecule has 1 amide bonds. The molecule has 2 aromatic rings. The third-order valence-corrected chi connectivity index (χ3v) is 2.76. The van der Waals surface area contributed by atoms with Crippen LogP contribution in [0.5, 0.6) is 0 Å². The molecule has 6 heteroatoms. The summed E-state index contributed by atoms with van der Waals surface area (Å²) in [5, 5.41) is 17.7. The van der Waals surface area contributed by atoms with E-state index in [0.717, 1.165) is 10.0 Å². The van der Waals surface area contributed by atoms with E-state index in [2.05, 4.69) is 31.4 Å². The fourth-order valence-corrected chi connectivity index (χ4v) is 2.13. The van der Waals surface area contributed by atoms with Crippen molar-refractivity contribution >= 4 is 27.7 Å². The van der Waals surface area contributed by atoms with Crippen LogP contribution in [-0.2, 0) is 0 Å². The van der Waals surface area contributed by atoms with Gasteiger partial charge in [-0.15, -0.1) is 0 Å². The first-order chi connectivity index (χ1) is 8.60. The topological polar surface area (TPSA) is 81.6 Å². The van der Waals surface area contributed by atoms with Crippen LogP contribution in [-0.4, -0.2) is 16.1 Å². The number of benzene rings is 1. The fourth-order valence-electron chi connectivity index (χ4n) is 1.52. The van der Waals surface area contributed by atoms with Crippen LogP contribution < -0.4 is 5.32 Å². The van der Waals surface area contributed by atoms with Gasteiger partial charge >= 0.3 is 0 Å². The van der Waals surface area contributed by atoms with Crippen molar-refractivity contribution < 1.29 is 4.79 Å². The van der Waals surface area contributed by atoms with Gasteiger partial charge in [-0.1, -0.05) is 15.9 Å². The molecule has 5 nitrogen and oxygen atoms in total. The zero-order valence-electron chi connectivity index (χ0n) is 9.49. The highest BCUT2D eigenvalue weighted by Gasteiger charge is 2.11. The summed E-state index contributed by atoms with van der Waals surface area (Å²) in [5.41, 5.74) is 1.79. The van der Waals surface area contributed by atoms with Crippen LogP contribution in [0.3, 0.4) is 0 Å². The second kappa shape index (κ2) is 5.02. The number of aromatic amines is 1. The molecule has 0 aliphatic rings. The van der Waals surface area contributed by atoms with Crippen LogP contribution in [0.4, 0.5) is 5.82 Å². The Kier molecular flexibility index (Phi) is 3.44. The van der Waals surface area contributed by atoms with E-state index in [-0.39, 0.29) is 5.91 Å². The lowest BCUT2D eigenvalue weighted by Gasteiger charge is -2.05. The Hall–Kier alpha value is -2.13. The van der Waals surface area contributed by atoms with Crippen LogP contribution in [0.2, 0.25) is 0 Å². The summed E-state index contributed by atoms with van der Waals surface area (Å²) < 4.78 is 0.831. The Morgan fingerprint density at radius 3 is 2.94 bits per heavy atom. The Balaban J connectivity index is 2.25. The monoisotopic (exact) mass is 304 g/mol. The molecule has 0 radical (unpaired) electrons. The van der Waals surface area contributed by atoms with Gasteiger partial charge in [0.15, 0.2) is 0 Å². The third kappa shape index (κ3) is 2.57. The fraction of sp³-hybridized carbons (Fsp3) is 0.0833. The highest BCUT2D eigenvalue weighted by molar-refractivity contribution is 9.10. The van der Waals surface area contributed by atoms with Gasteiger partial charge in [0, 0.05) is 10.0 Å². The van der Waals surface area contributed by atoms with Gasteiger partial charge in [0.2, 0.25) is 0 Å². The van der Waals surface area contributed by atoms with Crippen LogP contribution in [0.1, 0.15) is 21.5 Å². The van der Waals surface area contributed by atoms with E-state index >= 15 is 0 Å². The van der Waals surface area contributed by atoms with Crippen LogP contribution in [0, 0.1) is 18.3 Å². The summed E-state index contributed by atoms with van der Waals surface area (Å²) in [7, 11) is 0. The molecule has 2 rings (SSSR count). The molecule has 0 atom stereocenters. The van der Waals surface area contributed by atoms with Crippen molar-refractivity contribution in [3.63, 3.8) is 0 Å². The maximum Gasteiger partial charge on any atom is 0.256 e. The number of nitrogens with zero attached hydrogens (tertiary/aromatic N) is 2. The van der Waals surface area contributed by atoms with E-state index in [0.29, 0.717) is 16.9 Å². The summed E-state index contributed by atoms with van der Waals surface area (Å²) in [5.74, 6) is 0.0141. The third-order valence-electron chi connectivity index (χ3n) is 2.30. The number of halogens is 1. The molecule has 0 aliphatic heterocycles. The number of hydrogen-bond acceptors (Lipinski definition) is 3. The highest BCUT2D eigenvalue weighted by atomic mass is 79.9. The number of carbonyl (C=O) groups is 1. The molecule has 2 N–H and O–H groups in total. The largest absolute Gasteiger partial charge is 0.306 e. The average molecular weight is 305 g/mol. The first kappa shape index (κ1) is 12.3. The molecule has 0 bridgehead atoms. The molecule has 90 valence electrons. The second-order valence-electron chi connectivity index (χ2n) is 3.74. The van der Waals surface area contributed by atoms with Gasteiger partial charge in [-0.2, -0.15) is 10.4 Å². The van der Waals surface area contributed by atoms with Gasteiger partial charge in [0.05, 0.1) is 6.20 Å². The van der Waals surface area contributed by atoms with Crippen LogP contribution in [0.25, 0.3) is 0 Å². The summed E-state index contributed by atoms with van der Waals surface area (Å²) in [6.07, 6.45) is 1.36. The first-order valence-corrected chi connectivity index (χ1v) is 5.91. The molecule has 0 aliphatic carbocycles. The molecule has 1 aromatic heterocycles. The molecule has 0 saturated heterocycles. The minimum atomic E-state index is -0.292. The maximum absolute atomic E-state index is 12.0. The predicted octanol–water partition coefficient (Wildman–Crippen LogP) is 2.60. The maximum atomic E-state index is 12.0. The van der Waals surface area contributed by atoms with Gasteiger partial charge < -0.3 is 5.32 Å². The average Bonchev–Trinajstić information content (AvgIpc) is 2.75. The highest BCUT2D eigenvalue weighted by Crippen LogP contribution is 2.17. The first-order valence-electron chi connectivity index (χ1n) is 5.12. The summed E-state index contributed by atoms with van der Waals surface area (Å²) in [6.45, 7) is 1.90. The number of carbonyl (C=O) groups excluding carboxylic acids is 1. The number of H-pyrrole nitrogens is 1. The van der Waals surface area contributed by atoms with Gasteiger partial charge in [-0.25, -0.2) is 0 Å². The number of rotatable bonds is 2. The quantitative estimate of drug-likeness (QED) is 0.894. The van der Waals surface area contributed by atoms with E-state index < -0.39 is 0 Å². The SMILES string of the molecule is Cc1cc(Br)cc(C(=O)Nc2[nH]ncc2C#N)c1. The van der Waals surface area contributed by atoms with Crippen LogP contribution >= 0.6 is 15.9 Å². The van der Waals surface area contributed by atoms with Gasteiger partial charge in [-0.3, -0.25) is 9.89 Å². The molecule has 0 fully saturated rings. The van der Waals surface area contributed by atoms with E-state index in [1.807, 2.05) is 19.1 Å². The number of anilines is 1. The molecule has 18 heavy (non-hydrogen) atoms. The number of nitrogens with one attached hydrogen (secondary N) is 2. The van der Waals surface area contributed by atoms with Crippen molar-refractivity contribution in [1.29, 1.82) is 5.26 Å². The Bertz CT molecular complexity index is 622. The number of hydrogen-bond donors (Lipinski definition) is 2. The van der Waals surface area contributed by atoms with Crippen molar-refractivity contribution in [3.05, 3.63) is 45.6 Å². The molecule has 0 unspecified atom stereocenters. The Morgan fingerprint density at radius 2 is 2.28 bits per heavy atom. The number of amides is 1. The molecule has 0 saturated carbocycles. The van der Waals surface area contributed by atoms with E-state index in [1.54, 1.807) is 12.1 Å². The zero-order valence-corrected chi connectivity index (χ0v) is 11.1.